The highest BCUT2D eigenvalue weighted by molar-refractivity contribution is 5.92. The number of hydrogen-bond acceptors (Lipinski definition) is 3. The molecule has 19 heavy (non-hydrogen) atoms. The van der Waals surface area contributed by atoms with Crippen LogP contribution in [0.25, 0.3) is 0 Å². The third-order valence-electron chi connectivity index (χ3n) is 4.06. The SMILES string of the molecule is CC(CC(=O)N(C)c1ccncc1)C1CCCNC1. The highest BCUT2D eigenvalue weighted by atomic mass is 16.2. The van der Waals surface area contributed by atoms with Gasteiger partial charge in [0.2, 0.25) is 5.91 Å². The molecule has 1 aromatic heterocycles. The summed E-state index contributed by atoms with van der Waals surface area (Å²) in [6.07, 6.45) is 6.51. The number of aromatic nitrogens is 1. The third-order valence-corrected chi connectivity index (χ3v) is 4.06. The average Bonchev–Trinajstić information content (AvgIpc) is 2.48. The zero-order valence-corrected chi connectivity index (χ0v) is 11.8. The highest BCUT2D eigenvalue weighted by Gasteiger charge is 2.23. The van der Waals surface area contributed by atoms with Gasteiger partial charge in [-0.2, -0.15) is 0 Å². The standard InChI is InChI=1S/C15H23N3O/c1-12(13-4-3-7-17-11-13)10-15(19)18(2)14-5-8-16-9-6-14/h5-6,8-9,12-13,17H,3-4,7,10-11H2,1-2H3. The van der Waals surface area contributed by atoms with Crippen molar-refractivity contribution in [1.82, 2.24) is 10.3 Å². The number of carbonyl (C=O) groups is 1. The Balaban J connectivity index is 1.89. The second kappa shape index (κ2) is 6.66. The van der Waals surface area contributed by atoms with Crippen molar-refractivity contribution in [3.05, 3.63) is 24.5 Å². The quantitative estimate of drug-likeness (QED) is 0.902. The Morgan fingerprint density at radius 3 is 2.89 bits per heavy atom. The van der Waals surface area contributed by atoms with Gasteiger partial charge in [-0.3, -0.25) is 9.78 Å². The van der Waals surface area contributed by atoms with E-state index in [-0.39, 0.29) is 5.91 Å². The third kappa shape index (κ3) is 3.77. The minimum absolute atomic E-state index is 0.185. The van der Waals surface area contributed by atoms with Gasteiger partial charge in [-0.15, -0.1) is 0 Å². The van der Waals surface area contributed by atoms with Gasteiger partial charge in [-0.1, -0.05) is 6.92 Å². The molecule has 0 aliphatic carbocycles. The van der Waals surface area contributed by atoms with Crippen LogP contribution in [0.5, 0.6) is 0 Å². The van der Waals surface area contributed by atoms with E-state index in [2.05, 4.69) is 17.2 Å². The number of carbonyl (C=O) groups excluding carboxylic acids is 1. The second-order valence-electron chi connectivity index (χ2n) is 5.45. The fourth-order valence-electron chi connectivity index (χ4n) is 2.66. The average molecular weight is 261 g/mol. The smallest absolute Gasteiger partial charge is 0.226 e. The normalized spacial score (nSPS) is 20.8. The molecule has 1 amide bonds. The predicted octanol–water partition coefficient (Wildman–Crippen LogP) is 2.07. The molecule has 1 saturated heterocycles. The molecule has 2 atom stereocenters. The first-order valence-electron chi connectivity index (χ1n) is 7.06. The van der Waals surface area contributed by atoms with Gasteiger partial charge < -0.3 is 10.2 Å². The van der Waals surface area contributed by atoms with E-state index in [4.69, 9.17) is 0 Å². The summed E-state index contributed by atoms with van der Waals surface area (Å²) in [5.74, 6) is 1.25. The van der Waals surface area contributed by atoms with Crippen LogP contribution >= 0.6 is 0 Å². The highest BCUT2D eigenvalue weighted by Crippen LogP contribution is 2.24. The molecule has 0 spiro atoms. The summed E-state index contributed by atoms with van der Waals surface area (Å²) in [6.45, 7) is 4.36. The van der Waals surface area contributed by atoms with Crippen molar-refractivity contribution in [2.45, 2.75) is 26.2 Å². The van der Waals surface area contributed by atoms with E-state index in [1.54, 1.807) is 17.3 Å². The van der Waals surface area contributed by atoms with E-state index in [0.29, 0.717) is 18.3 Å². The van der Waals surface area contributed by atoms with Crippen molar-refractivity contribution in [3.63, 3.8) is 0 Å². The summed E-state index contributed by atoms with van der Waals surface area (Å²) in [4.78, 5) is 18.0. The number of piperidine rings is 1. The van der Waals surface area contributed by atoms with Crippen molar-refractivity contribution in [3.8, 4) is 0 Å². The molecule has 1 fully saturated rings. The Bertz CT molecular complexity index is 401. The first kappa shape index (κ1) is 14.0. The zero-order valence-electron chi connectivity index (χ0n) is 11.8. The summed E-state index contributed by atoms with van der Waals surface area (Å²) in [5.41, 5.74) is 0.911. The number of nitrogens with zero attached hydrogens (tertiary/aromatic N) is 2. The fourth-order valence-corrected chi connectivity index (χ4v) is 2.66. The van der Waals surface area contributed by atoms with Crippen LogP contribution in [-0.4, -0.2) is 31.0 Å². The van der Waals surface area contributed by atoms with Crippen molar-refractivity contribution in [2.75, 3.05) is 25.0 Å². The molecule has 2 unspecified atom stereocenters. The van der Waals surface area contributed by atoms with Gasteiger partial charge in [-0.05, 0) is 49.9 Å². The van der Waals surface area contributed by atoms with Crippen LogP contribution in [0.3, 0.4) is 0 Å². The molecule has 0 aromatic carbocycles. The van der Waals surface area contributed by atoms with Gasteiger partial charge in [0.25, 0.3) is 0 Å². The largest absolute Gasteiger partial charge is 0.316 e. The predicted molar refractivity (Wildman–Crippen MR) is 77.0 cm³/mol. The van der Waals surface area contributed by atoms with E-state index < -0.39 is 0 Å². The maximum Gasteiger partial charge on any atom is 0.226 e. The van der Waals surface area contributed by atoms with Crippen molar-refractivity contribution < 1.29 is 4.79 Å². The molecule has 1 aliphatic rings. The molecule has 104 valence electrons. The van der Waals surface area contributed by atoms with E-state index in [0.717, 1.165) is 18.8 Å². The maximum atomic E-state index is 12.3. The molecular weight excluding hydrogens is 238 g/mol. The number of anilines is 1. The molecule has 1 N–H and O–H groups in total. The molecule has 0 radical (unpaired) electrons. The Hall–Kier alpha value is -1.42. The summed E-state index contributed by atoms with van der Waals surface area (Å²) in [6, 6.07) is 3.73. The summed E-state index contributed by atoms with van der Waals surface area (Å²) in [7, 11) is 1.84. The van der Waals surface area contributed by atoms with Crippen LogP contribution in [0.1, 0.15) is 26.2 Å². The molecule has 4 nitrogen and oxygen atoms in total. The Morgan fingerprint density at radius 2 is 2.26 bits per heavy atom. The van der Waals surface area contributed by atoms with Crippen LogP contribution in [0.4, 0.5) is 5.69 Å². The zero-order chi connectivity index (χ0) is 13.7. The van der Waals surface area contributed by atoms with Gasteiger partial charge in [0.05, 0.1) is 0 Å². The van der Waals surface area contributed by atoms with Gasteiger partial charge in [0.15, 0.2) is 0 Å². The monoisotopic (exact) mass is 261 g/mol. The van der Waals surface area contributed by atoms with Gasteiger partial charge in [-0.25, -0.2) is 0 Å². The van der Waals surface area contributed by atoms with E-state index in [1.165, 1.54) is 12.8 Å². The summed E-state index contributed by atoms with van der Waals surface area (Å²) >= 11 is 0. The van der Waals surface area contributed by atoms with Crippen LogP contribution in [0, 0.1) is 11.8 Å². The fraction of sp³-hybridized carbons (Fsp3) is 0.600. The summed E-state index contributed by atoms with van der Waals surface area (Å²) < 4.78 is 0. The molecule has 4 heteroatoms. The minimum Gasteiger partial charge on any atom is -0.316 e. The second-order valence-corrected chi connectivity index (χ2v) is 5.45. The first-order valence-corrected chi connectivity index (χ1v) is 7.06. The number of pyridine rings is 1. The lowest BCUT2D eigenvalue weighted by molar-refractivity contribution is -0.119. The molecule has 2 heterocycles. The molecule has 0 bridgehead atoms. The Morgan fingerprint density at radius 1 is 1.53 bits per heavy atom. The molecular formula is C15H23N3O. The molecule has 2 rings (SSSR count). The first-order chi connectivity index (χ1) is 9.18. The van der Waals surface area contributed by atoms with Crippen molar-refractivity contribution in [2.24, 2.45) is 11.8 Å². The van der Waals surface area contributed by atoms with Crippen molar-refractivity contribution in [1.29, 1.82) is 0 Å². The number of rotatable bonds is 4. The summed E-state index contributed by atoms with van der Waals surface area (Å²) in [5, 5.41) is 3.42. The number of amides is 1. The Kier molecular flexibility index (Phi) is 4.91. The van der Waals surface area contributed by atoms with E-state index in [1.807, 2.05) is 19.2 Å². The van der Waals surface area contributed by atoms with E-state index >= 15 is 0 Å². The Labute approximate surface area is 115 Å². The topological polar surface area (TPSA) is 45.2 Å². The van der Waals surface area contributed by atoms with Crippen LogP contribution in [0.15, 0.2) is 24.5 Å². The van der Waals surface area contributed by atoms with Gasteiger partial charge in [0, 0.05) is 31.5 Å². The van der Waals surface area contributed by atoms with Crippen LogP contribution in [0.2, 0.25) is 0 Å². The van der Waals surface area contributed by atoms with Gasteiger partial charge in [0.1, 0.15) is 0 Å². The van der Waals surface area contributed by atoms with E-state index in [9.17, 15) is 4.79 Å². The lowest BCUT2D eigenvalue weighted by atomic mass is 9.85. The molecule has 1 aromatic rings. The number of hydrogen-bond donors (Lipinski definition) is 1. The van der Waals surface area contributed by atoms with Crippen molar-refractivity contribution >= 4 is 11.6 Å². The van der Waals surface area contributed by atoms with Crippen LogP contribution < -0.4 is 10.2 Å². The maximum absolute atomic E-state index is 12.3. The number of nitrogens with one attached hydrogen (secondary N) is 1. The lowest BCUT2D eigenvalue weighted by Gasteiger charge is -2.29. The molecule has 1 aliphatic heterocycles. The van der Waals surface area contributed by atoms with Crippen LogP contribution in [-0.2, 0) is 4.79 Å². The lowest BCUT2D eigenvalue weighted by Crippen LogP contribution is -2.36. The van der Waals surface area contributed by atoms with Gasteiger partial charge >= 0.3 is 0 Å². The molecule has 0 saturated carbocycles. The minimum atomic E-state index is 0.185.